The van der Waals surface area contributed by atoms with E-state index >= 15 is 0 Å². The monoisotopic (exact) mass is 547 g/mol. The maximum atomic E-state index is 13.6. The van der Waals surface area contributed by atoms with E-state index in [1.165, 1.54) is 0 Å². The number of unbranched alkanes of at least 4 members (excludes halogenated alkanes) is 3. The Morgan fingerprint density at radius 3 is 2.14 bits per heavy atom. The van der Waals surface area contributed by atoms with Crippen LogP contribution in [0, 0.1) is 0 Å². The van der Waals surface area contributed by atoms with Gasteiger partial charge in [-0.3, -0.25) is 4.90 Å². The van der Waals surface area contributed by atoms with Crippen molar-refractivity contribution in [3.63, 3.8) is 0 Å². The topological polar surface area (TPSA) is 61.8 Å². The predicted molar refractivity (Wildman–Crippen MR) is 156 cm³/mol. The summed E-state index contributed by atoms with van der Waals surface area (Å²) in [4.78, 5) is 30.2. The Morgan fingerprint density at radius 1 is 0.973 bits per heavy atom. The molecule has 1 aliphatic heterocycles. The van der Waals surface area contributed by atoms with Crippen LogP contribution in [0.15, 0.2) is 29.2 Å². The summed E-state index contributed by atoms with van der Waals surface area (Å²) in [6.45, 7) is 11.7. The van der Waals surface area contributed by atoms with Crippen LogP contribution < -0.4 is 9.80 Å². The van der Waals surface area contributed by atoms with Crippen molar-refractivity contribution in [2.75, 3.05) is 62.0 Å². The number of urea groups is 1. The molecule has 1 aromatic carbocycles. The molecule has 1 saturated heterocycles. The quantitative estimate of drug-likeness (QED) is 0.199. The van der Waals surface area contributed by atoms with Gasteiger partial charge >= 0.3 is 6.03 Å². The number of carbonyl (C=O) groups excluding carboxylic acids is 1. The normalized spacial score (nSPS) is 13.6. The third-order valence-corrected chi connectivity index (χ3v) is 7.73. The van der Waals surface area contributed by atoms with Gasteiger partial charge in [0.15, 0.2) is 5.82 Å². The van der Waals surface area contributed by atoms with Crippen molar-refractivity contribution in [3.05, 3.63) is 29.4 Å². The van der Waals surface area contributed by atoms with Gasteiger partial charge in [0.05, 0.1) is 18.1 Å². The number of hydrogen-bond acceptors (Lipinski definition) is 6. The van der Waals surface area contributed by atoms with Gasteiger partial charge in [-0.05, 0) is 49.8 Å². The second kappa shape index (κ2) is 15.4. The summed E-state index contributed by atoms with van der Waals surface area (Å²) in [7, 11) is 0. The molecule has 1 aromatic heterocycles. The summed E-state index contributed by atoms with van der Waals surface area (Å²) >= 11 is 8.18. The summed E-state index contributed by atoms with van der Waals surface area (Å²) < 4.78 is 5.52. The third-order valence-electron chi connectivity index (χ3n) is 6.56. The first-order chi connectivity index (χ1) is 18.0. The molecule has 3 rings (SSSR count). The van der Waals surface area contributed by atoms with E-state index in [4.69, 9.17) is 21.3 Å². The predicted octanol–water partition coefficient (Wildman–Crippen LogP) is 6.98. The lowest BCUT2D eigenvalue weighted by Crippen LogP contribution is -2.44. The van der Waals surface area contributed by atoms with E-state index in [0.29, 0.717) is 30.7 Å². The molecule has 0 saturated carbocycles. The second-order valence-electron chi connectivity index (χ2n) is 9.32. The maximum Gasteiger partial charge on any atom is 0.324 e. The van der Waals surface area contributed by atoms with E-state index in [1.807, 2.05) is 40.3 Å². The summed E-state index contributed by atoms with van der Waals surface area (Å²) in [5, 5.41) is 0.463. The highest BCUT2D eigenvalue weighted by atomic mass is 35.5. The molecule has 0 aliphatic carbocycles. The van der Waals surface area contributed by atoms with Crippen molar-refractivity contribution in [1.29, 1.82) is 0 Å². The Labute approximate surface area is 231 Å². The van der Waals surface area contributed by atoms with Crippen LogP contribution in [-0.2, 0) is 4.74 Å². The Kier molecular flexibility index (Phi) is 12.3. The molecular weight excluding hydrogens is 506 g/mol. The van der Waals surface area contributed by atoms with E-state index < -0.39 is 0 Å². The van der Waals surface area contributed by atoms with E-state index in [-0.39, 0.29) is 6.03 Å². The minimum atomic E-state index is 0.0984. The molecule has 2 amide bonds. The molecule has 1 aliphatic rings. The van der Waals surface area contributed by atoms with Gasteiger partial charge in [0.1, 0.15) is 11.0 Å². The van der Waals surface area contributed by atoms with Gasteiger partial charge in [-0.2, -0.15) is 0 Å². The number of halogens is 1. The Hall–Kier alpha value is -2.03. The van der Waals surface area contributed by atoms with Gasteiger partial charge in [-0.15, -0.1) is 11.8 Å². The number of rotatable bonds is 13. The van der Waals surface area contributed by atoms with Crippen molar-refractivity contribution in [1.82, 2.24) is 14.9 Å². The van der Waals surface area contributed by atoms with Crippen molar-refractivity contribution >= 4 is 40.9 Å². The summed E-state index contributed by atoms with van der Waals surface area (Å²) in [6, 6.07) is 8.11. The number of anilines is 2. The molecule has 2 aromatic rings. The smallest absolute Gasteiger partial charge is 0.324 e. The number of benzene rings is 1. The van der Waals surface area contributed by atoms with Gasteiger partial charge in [0.2, 0.25) is 0 Å². The van der Waals surface area contributed by atoms with Crippen molar-refractivity contribution in [3.8, 4) is 11.4 Å². The lowest BCUT2D eigenvalue weighted by atomic mass is 10.1. The number of ether oxygens (including phenoxy) is 1. The molecule has 0 spiro atoms. The Balaban J connectivity index is 1.88. The third kappa shape index (κ3) is 7.98. The number of aromatic nitrogens is 2. The fraction of sp³-hybridized carbons (Fsp3) is 0.607. The number of thioether (sulfide) groups is 1. The first-order valence-corrected chi connectivity index (χ1v) is 15.2. The van der Waals surface area contributed by atoms with Gasteiger partial charge in [-0.1, -0.05) is 51.6 Å². The molecule has 9 heteroatoms. The van der Waals surface area contributed by atoms with Crippen LogP contribution in [-0.4, -0.2) is 73.1 Å². The van der Waals surface area contributed by atoms with Crippen LogP contribution in [0.5, 0.6) is 0 Å². The summed E-state index contributed by atoms with van der Waals surface area (Å²) in [6.07, 6.45) is 8.17. The number of hydrogen-bond donors (Lipinski definition) is 0. The van der Waals surface area contributed by atoms with Crippen LogP contribution in [0.4, 0.5) is 16.3 Å². The highest BCUT2D eigenvalue weighted by molar-refractivity contribution is 7.98. The Bertz CT molecular complexity index is 977. The van der Waals surface area contributed by atoms with Gasteiger partial charge in [-0.25, -0.2) is 14.8 Å². The van der Waals surface area contributed by atoms with Crippen molar-refractivity contribution < 1.29 is 9.53 Å². The summed E-state index contributed by atoms with van der Waals surface area (Å²) in [5.41, 5.74) is 1.78. The number of morpholine rings is 1. The molecule has 2 heterocycles. The van der Waals surface area contributed by atoms with Crippen molar-refractivity contribution in [2.45, 2.75) is 64.2 Å². The first kappa shape index (κ1) is 29.5. The average molecular weight is 548 g/mol. The largest absolute Gasteiger partial charge is 0.378 e. The average Bonchev–Trinajstić information content (AvgIpc) is 2.93. The molecular formula is C28H42ClN5O2S. The first-order valence-electron chi connectivity index (χ1n) is 13.6. The Morgan fingerprint density at radius 2 is 1.57 bits per heavy atom. The lowest BCUT2D eigenvalue weighted by Gasteiger charge is -2.31. The SMILES string of the molecule is CCCCN(CCCC)C(=O)N(CCCC)c1ccc(-c2nc(Cl)c(SC)c(N3CCOCC3)n2)cc1. The molecule has 204 valence electrons. The van der Waals surface area contributed by atoms with Crippen LogP contribution in [0.25, 0.3) is 11.4 Å². The lowest BCUT2D eigenvalue weighted by molar-refractivity contribution is 0.122. The highest BCUT2D eigenvalue weighted by Gasteiger charge is 2.23. The second-order valence-corrected chi connectivity index (χ2v) is 10.5. The summed E-state index contributed by atoms with van der Waals surface area (Å²) in [5.74, 6) is 1.45. The molecule has 0 radical (unpaired) electrons. The van der Waals surface area contributed by atoms with Gasteiger partial charge < -0.3 is 14.5 Å². The number of carbonyl (C=O) groups is 1. The zero-order valence-corrected chi connectivity index (χ0v) is 24.4. The molecule has 0 unspecified atom stereocenters. The van der Waals surface area contributed by atoms with E-state index in [1.54, 1.807) is 11.8 Å². The molecule has 0 atom stereocenters. The fourth-order valence-electron chi connectivity index (χ4n) is 4.32. The van der Waals surface area contributed by atoms with E-state index in [2.05, 4.69) is 30.7 Å². The van der Waals surface area contributed by atoms with Crippen molar-refractivity contribution in [2.24, 2.45) is 0 Å². The minimum Gasteiger partial charge on any atom is -0.378 e. The fourth-order valence-corrected chi connectivity index (χ4v) is 5.29. The van der Waals surface area contributed by atoms with Crippen LogP contribution in [0.3, 0.4) is 0 Å². The van der Waals surface area contributed by atoms with Gasteiger partial charge in [0, 0.05) is 44.0 Å². The highest BCUT2D eigenvalue weighted by Crippen LogP contribution is 2.35. The molecule has 0 N–H and O–H groups in total. The van der Waals surface area contributed by atoms with E-state index in [9.17, 15) is 4.79 Å². The van der Waals surface area contributed by atoms with Crippen LogP contribution in [0.1, 0.15) is 59.3 Å². The zero-order valence-electron chi connectivity index (χ0n) is 22.8. The van der Waals surface area contributed by atoms with Gasteiger partial charge in [0.25, 0.3) is 0 Å². The molecule has 37 heavy (non-hydrogen) atoms. The maximum absolute atomic E-state index is 13.6. The number of amides is 2. The molecule has 0 bridgehead atoms. The zero-order chi connectivity index (χ0) is 26.6. The number of nitrogens with zero attached hydrogens (tertiary/aromatic N) is 5. The molecule has 1 fully saturated rings. The standard InChI is InChI=1S/C28H42ClN5O2S/c1-5-8-15-33(16-9-6-2)28(35)34(17-10-7-3)23-13-11-22(12-14-23)26-30-25(29)24(37-4)27(31-26)32-18-20-36-21-19-32/h11-14H,5-10,15-21H2,1-4H3. The van der Waals surface area contributed by atoms with Crippen LogP contribution >= 0.6 is 23.4 Å². The minimum absolute atomic E-state index is 0.0984. The van der Waals surface area contributed by atoms with Crippen LogP contribution in [0.2, 0.25) is 5.15 Å². The molecule has 7 nitrogen and oxygen atoms in total. The van der Waals surface area contributed by atoms with E-state index in [0.717, 1.165) is 86.7 Å².